The lowest BCUT2D eigenvalue weighted by Crippen LogP contribution is -2.44. The maximum atomic E-state index is 12.9. The summed E-state index contributed by atoms with van der Waals surface area (Å²) in [5.74, 6) is -0.399. The van der Waals surface area contributed by atoms with Crippen LogP contribution in [0.15, 0.2) is 47.5 Å². The predicted octanol–water partition coefficient (Wildman–Crippen LogP) is 2.10. The summed E-state index contributed by atoms with van der Waals surface area (Å²) in [6, 6.07) is 9.28. The van der Waals surface area contributed by atoms with E-state index in [4.69, 9.17) is 24.5 Å². The molecule has 1 fully saturated rings. The van der Waals surface area contributed by atoms with Crippen molar-refractivity contribution in [3.8, 4) is 17.4 Å². The number of imidazole rings is 1. The van der Waals surface area contributed by atoms with Gasteiger partial charge in [0, 0.05) is 5.39 Å². The zero-order chi connectivity index (χ0) is 31.6. The number of methoxy groups -OCH3 is 1. The Morgan fingerprint density at radius 3 is 2.82 bits per heavy atom. The van der Waals surface area contributed by atoms with Crippen LogP contribution >= 0.6 is 19.9 Å². The molecule has 0 aliphatic carbocycles. The molecule has 0 saturated carbocycles. The maximum absolute atomic E-state index is 12.9. The Balaban J connectivity index is 1.41. The number of nitrogens with zero attached hydrogens (tertiary/aromatic N) is 5. The normalized spacial score (nSPS) is 22.8. The highest BCUT2D eigenvalue weighted by Gasteiger charge is 2.54. The quantitative estimate of drug-likeness (QED) is 0.162. The van der Waals surface area contributed by atoms with Crippen LogP contribution in [-0.2, 0) is 9.53 Å². The Labute approximate surface area is 256 Å². The van der Waals surface area contributed by atoms with Gasteiger partial charge in [-0.2, -0.15) is 21.7 Å². The van der Waals surface area contributed by atoms with E-state index in [2.05, 4.69) is 19.7 Å². The van der Waals surface area contributed by atoms with Crippen LogP contribution in [-0.4, -0.2) is 90.4 Å². The summed E-state index contributed by atoms with van der Waals surface area (Å²) in [5, 5.41) is 33.2. The van der Waals surface area contributed by atoms with Gasteiger partial charge in [0.05, 0.1) is 13.4 Å². The van der Waals surface area contributed by atoms with Crippen LogP contribution < -0.4 is 24.6 Å². The second-order valence-corrected chi connectivity index (χ2v) is 12.0. The Hall–Kier alpha value is -3.79. The van der Waals surface area contributed by atoms with Crippen LogP contribution in [0.4, 0.5) is 5.95 Å². The van der Waals surface area contributed by atoms with Gasteiger partial charge in [0.2, 0.25) is 17.6 Å². The van der Waals surface area contributed by atoms with Crippen molar-refractivity contribution in [2.75, 3.05) is 31.5 Å². The number of hydrogen-bond acceptors (Lipinski definition) is 14. The molecule has 3 unspecified atom stereocenters. The minimum Gasteiger partial charge on any atom is -0.575 e. The number of aromatic nitrogens is 4. The Bertz CT molecular complexity index is 1700. The van der Waals surface area contributed by atoms with Gasteiger partial charge >= 0.3 is 14.1 Å². The molecule has 2 aromatic carbocycles. The summed E-state index contributed by atoms with van der Waals surface area (Å²) in [5.41, 5.74) is 4.52. The van der Waals surface area contributed by atoms with E-state index in [0.29, 0.717) is 11.1 Å². The number of benzene rings is 2. The van der Waals surface area contributed by atoms with Crippen molar-refractivity contribution in [3.63, 3.8) is 0 Å². The summed E-state index contributed by atoms with van der Waals surface area (Å²) in [6.07, 6.45) is -0.222. The summed E-state index contributed by atoms with van der Waals surface area (Å²) in [7, 11) is -1.39. The number of aliphatic carboxylic acids is 1. The summed E-state index contributed by atoms with van der Waals surface area (Å²) in [6.45, 7) is 1.15. The van der Waals surface area contributed by atoms with E-state index in [1.165, 1.54) is 36.7 Å². The zero-order valence-electron chi connectivity index (χ0n) is 23.9. The molecule has 1 aliphatic rings. The number of anilines is 1. The molecule has 0 amide bonds. The fourth-order valence-electron chi connectivity index (χ4n) is 4.88. The number of rotatable bonds is 12. The van der Waals surface area contributed by atoms with E-state index >= 15 is 0 Å². The number of aliphatic hydroxyl groups excluding tert-OH is 1. The van der Waals surface area contributed by atoms with Crippen LogP contribution in [0.1, 0.15) is 19.6 Å². The molecule has 5 rings (SSSR count). The van der Waals surface area contributed by atoms with Gasteiger partial charge in [-0.25, -0.2) is 9.78 Å². The van der Waals surface area contributed by atoms with Gasteiger partial charge in [0.25, 0.3) is 0 Å². The number of nitrogens with two attached hydrogens (primary N) is 1. The van der Waals surface area contributed by atoms with Crippen molar-refractivity contribution in [2.45, 2.75) is 43.4 Å². The van der Waals surface area contributed by atoms with Crippen LogP contribution in [0.3, 0.4) is 0 Å². The second kappa shape index (κ2) is 13.1. The highest BCUT2D eigenvalue weighted by molar-refractivity contribution is 7.98. The first kappa shape index (κ1) is 31.6. The lowest BCUT2D eigenvalue weighted by atomic mass is 9.96. The Morgan fingerprint density at radius 2 is 2.09 bits per heavy atom. The third kappa shape index (κ3) is 6.22. The summed E-state index contributed by atoms with van der Waals surface area (Å²) < 4.78 is 28.3. The van der Waals surface area contributed by atoms with Gasteiger partial charge in [-0.15, -0.1) is 0 Å². The van der Waals surface area contributed by atoms with E-state index in [1.807, 2.05) is 18.4 Å². The fourth-order valence-corrected chi connectivity index (χ4v) is 6.17. The molecule has 17 heteroatoms. The van der Waals surface area contributed by atoms with Crippen LogP contribution in [0.5, 0.6) is 17.4 Å². The number of nitrogen functional groups attached to an aromatic ring is 1. The molecular weight excluding hydrogens is 615 g/mol. The third-order valence-electron chi connectivity index (χ3n) is 7.14. The number of carbonyl (C=O) groups is 1. The molecule has 6 atom stereocenters. The van der Waals surface area contributed by atoms with Crippen LogP contribution in [0.2, 0.25) is 0 Å². The number of carboxylic acids is 1. The number of thioether (sulfide) groups is 1. The molecule has 1 saturated heterocycles. The Kier molecular flexibility index (Phi) is 9.39. The molecule has 44 heavy (non-hydrogen) atoms. The number of ether oxygens (including phenoxy) is 3. The second-order valence-electron chi connectivity index (χ2n) is 10.1. The van der Waals surface area contributed by atoms with E-state index in [9.17, 15) is 25.0 Å². The SMILES string of the molecule is COc1nc(N)nc2c1ncn2C1O[C@H](COc2ccc3ccccc3c2O[P+]([O-])=NC(CCSC)C(=O)O)[C@@H](O)[C@@]1(C)O. The smallest absolute Gasteiger partial charge is 0.395 e. The average molecular weight is 647 g/mol. The first-order valence-electron chi connectivity index (χ1n) is 13.4. The van der Waals surface area contributed by atoms with Crippen LogP contribution in [0, 0.1) is 0 Å². The van der Waals surface area contributed by atoms with Crippen molar-refractivity contribution in [1.82, 2.24) is 19.5 Å². The lowest BCUT2D eigenvalue weighted by molar-refractivity contribution is -0.169. The molecule has 0 radical (unpaired) electrons. The van der Waals surface area contributed by atoms with E-state index in [-0.39, 0.29) is 47.5 Å². The number of carboxylic acid groups (broad SMARTS) is 1. The molecule has 2 aromatic heterocycles. The van der Waals surface area contributed by atoms with Gasteiger partial charge in [-0.1, -0.05) is 35.1 Å². The zero-order valence-corrected chi connectivity index (χ0v) is 25.6. The molecule has 0 spiro atoms. The van der Waals surface area contributed by atoms with Gasteiger partial charge in [-0.3, -0.25) is 9.09 Å². The minimum atomic E-state index is -2.79. The minimum absolute atomic E-state index is 0.0811. The highest BCUT2D eigenvalue weighted by atomic mass is 32.2. The third-order valence-corrected chi connectivity index (χ3v) is 8.59. The summed E-state index contributed by atoms with van der Waals surface area (Å²) >= 11 is 1.45. The monoisotopic (exact) mass is 646 g/mol. The topological polar surface area (TPSA) is 220 Å². The largest absolute Gasteiger partial charge is 0.575 e. The predicted molar refractivity (Wildman–Crippen MR) is 161 cm³/mol. The van der Waals surface area contributed by atoms with Gasteiger partial charge in [-0.05, 0) is 36.8 Å². The lowest BCUT2D eigenvalue weighted by Gasteiger charge is -2.27. The van der Waals surface area contributed by atoms with E-state index in [1.54, 1.807) is 24.3 Å². The average Bonchev–Trinajstić information content (AvgIpc) is 3.51. The van der Waals surface area contributed by atoms with Crippen molar-refractivity contribution in [1.29, 1.82) is 0 Å². The molecule has 3 heterocycles. The maximum Gasteiger partial charge on any atom is 0.395 e. The number of aliphatic hydroxyl groups is 2. The van der Waals surface area contributed by atoms with Gasteiger partial charge in [0.1, 0.15) is 24.4 Å². The van der Waals surface area contributed by atoms with E-state index in [0.717, 1.165) is 5.39 Å². The molecule has 0 bridgehead atoms. The van der Waals surface area contributed by atoms with Crippen molar-refractivity contribution in [2.24, 2.45) is 4.74 Å². The van der Waals surface area contributed by atoms with Gasteiger partial charge in [0.15, 0.2) is 29.2 Å². The number of fused-ring (bicyclic) bond motifs is 2. The van der Waals surface area contributed by atoms with Gasteiger partial charge < -0.3 is 40.2 Å². The van der Waals surface area contributed by atoms with E-state index < -0.39 is 44.2 Å². The Morgan fingerprint density at radius 1 is 1.32 bits per heavy atom. The first-order chi connectivity index (χ1) is 21.0. The summed E-state index contributed by atoms with van der Waals surface area (Å²) in [4.78, 5) is 37.0. The van der Waals surface area contributed by atoms with Crippen molar-refractivity contribution in [3.05, 3.63) is 42.7 Å². The molecule has 4 aromatic rings. The standard InChI is InChI=1S/C27H31N6O9PS/c1-27(37)21(34)18(41-25(27)33-13-29-19-22(33)30-26(28)31-23(19)39-2)12-40-17-9-8-14-6-4-5-7-15(14)20(17)42-43(38)32-16(24(35)36)10-11-44-3/h4-9,13,16,18,21,25,34,37H,10-12H2,1-3H3,(H,35,36)(H2,28,30,31)/t16?,18-,21-,25?,27-/m1/s1. The molecule has 1 aliphatic heterocycles. The molecule has 15 nitrogen and oxygen atoms in total. The fraction of sp³-hybridized carbons (Fsp3) is 0.407. The van der Waals surface area contributed by atoms with Crippen molar-refractivity contribution < 1.29 is 43.7 Å². The van der Waals surface area contributed by atoms with Crippen LogP contribution in [0.25, 0.3) is 21.9 Å². The highest BCUT2D eigenvalue weighted by Crippen LogP contribution is 2.43. The molecule has 5 N–H and O–H groups in total. The number of hydrogen-bond donors (Lipinski definition) is 4. The molecular formula is C27H31N6O9PS. The van der Waals surface area contributed by atoms with Crippen molar-refractivity contribution >= 4 is 53.8 Å². The molecule has 234 valence electrons. The first-order valence-corrected chi connectivity index (χ1v) is 15.9.